The molecule has 0 saturated carbocycles. The van der Waals surface area contributed by atoms with Crippen LogP contribution in [0.4, 0.5) is 20.2 Å². The van der Waals surface area contributed by atoms with Crippen molar-refractivity contribution in [1.29, 1.82) is 0 Å². The van der Waals surface area contributed by atoms with Crippen LogP contribution in [0.3, 0.4) is 0 Å². The van der Waals surface area contributed by atoms with Gasteiger partial charge in [-0.1, -0.05) is 11.6 Å². The van der Waals surface area contributed by atoms with Gasteiger partial charge in [0.25, 0.3) is 5.91 Å². The van der Waals surface area contributed by atoms with Crippen LogP contribution in [-0.4, -0.2) is 17.4 Å². The average Bonchev–Trinajstić information content (AvgIpc) is 2.43. The Morgan fingerprint density at radius 3 is 2.81 bits per heavy atom. The Balaban J connectivity index is 2.31. The molecule has 1 aromatic heterocycles. The summed E-state index contributed by atoms with van der Waals surface area (Å²) >= 11 is 5.74. The number of nitrogens with zero attached hydrogens (tertiary/aromatic N) is 1. The molecule has 0 unspecified atom stereocenters. The Kier molecular flexibility index (Phi) is 4.70. The van der Waals surface area contributed by atoms with Crippen LogP contribution in [0.5, 0.6) is 0 Å². The topological polar surface area (TPSA) is 54.0 Å². The summed E-state index contributed by atoms with van der Waals surface area (Å²) in [5, 5.41) is 5.11. The van der Waals surface area contributed by atoms with Crippen LogP contribution in [0.1, 0.15) is 17.3 Å². The van der Waals surface area contributed by atoms with E-state index in [1.165, 1.54) is 12.4 Å². The van der Waals surface area contributed by atoms with Crippen molar-refractivity contribution >= 4 is 28.9 Å². The number of halogens is 3. The molecule has 0 bridgehead atoms. The number of hydrogen-bond donors (Lipinski definition) is 2. The Morgan fingerprint density at radius 2 is 2.14 bits per heavy atom. The molecule has 21 heavy (non-hydrogen) atoms. The maximum atomic E-state index is 13.7. The highest BCUT2D eigenvalue weighted by atomic mass is 35.5. The molecule has 4 nitrogen and oxygen atoms in total. The highest BCUT2D eigenvalue weighted by Gasteiger charge is 2.16. The standard InChI is InChI=1S/C14H12ClF2N3O/c1-2-19-12-3-4-18-7-9(12)14(21)20-13-10(15)5-8(16)6-11(13)17/h3-7H,2H2,1H3,(H,18,19)(H,20,21). The molecule has 1 aromatic carbocycles. The molecule has 0 radical (unpaired) electrons. The number of amides is 1. The summed E-state index contributed by atoms with van der Waals surface area (Å²) in [6.07, 6.45) is 2.88. The van der Waals surface area contributed by atoms with E-state index in [1.54, 1.807) is 6.07 Å². The van der Waals surface area contributed by atoms with Gasteiger partial charge in [0, 0.05) is 25.0 Å². The van der Waals surface area contributed by atoms with Crippen LogP contribution in [0.15, 0.2) is 30.6 Å². The Hall–Kier alpha value is -2.21. The van der Waals surface area contributed by atoms with Gasteiger partial charge in [0.1, 0.15) is 5.82 Å². The fraction of sp³-hybridized carbons (Fsp3) is 0.143. The molecule has 110 valence electrons. The monoisotopic (exact) mass is 311 g/mol. The number of nitrogens with one attached hydrogen (secondary N) is 2. The lowest BCUT2D eigenvalue weighted by Crippen LogP contribution is -2.16. The maximum Gasteiger partial charge on any atom is 0.259 e. The smallest absolute Gasteiger partial charge is 0.259 e. The number of anilines is 2. The Bertz CT molecular complexity index is 656. The third kappa shape index (κ3) is 3.46. The van der Waals surface area contributed by atoms with Crippen LogP contribution in [0.25, 0.3) is 0 Å². The molecule has 2 aromatic rings. The van der Waals surface area contributed by atoms with Crippen molar-refractivity contribution in [2.24, 2.45) is 0 Å². The Morgan fingerprint density at radius 1 is 1.38 bits per heavy atom. The van der Waals surface area contributed by atoms with Crippen molar-refractivity contribution in [2.45, 2.75) is 6.92 Å². The van der Waals surface area contributed by atoms with E-state index in [4.69, 9.17) is 11.6 Å². The summed E-state index contributed by atoms with van der Waals surface area (Å²) in [5.41, 5.74) is 0.525. The summed E-state index contributed by atoms with van der Waals surface area (Å²) in [6.45, 7) is 2.48. The lowest BCUT2D eigenvalue weighted by molar-refractivity contribution is 0.102. The number of aromatic nitrogens is 1. The van der Waals surface area contributed by atoms with Crippen LogP contribution in [0, 0.1) is 11.6 Å². The molecule has 0 aliphatic carbocycles. The van der Waals surface area contributed by atoms with Crippen LogP contribution in [-0.2, 0) is 0 Å². The minimum absolute atomic E-state index is 0.213. The minimum atomic E-state index is -0.942. The molecule has 0 spiro atoms. The SMILES string of the molecule is CCNc1ccncc1C(=O)Nc1c(F)cc(F)cc1Cl. The van der Waals surface area contributed by atoms with Gasteiger partial charge in [-0.15, -0.1) is 0 Å². The fourth-order valence-corrected chi connectivity index (χ4v) is 2.00. The highest BCUT2D eigenvalue weighted by Crippen LogP contribution is 2.27. The third-order valence-electron chi connectivity index (χ3n) is 2.68. The number of carbonyl (C=O) groups is 1. The van der Waals surface area contributed by atoms with Gasteiger partial charge in [-0.25, -0.2) is 8.78 Å². The van der Waals surface area contributed by atoms with Gasteiger partial charge in [-0.2, -0.15) is 0 Å². The molecule has 2 N–H and O–H groups in total. The first-order valence-electron chi connectivity index (χ1n) is 6.16. The molecule has 2 rings (SSSR count). The number of rotatable bonds is 4. The molecular formula is C14H12ClF2N3O. The summed E-state index contributed by atoms with van der Waals surface area (Å²) in [4.78, 5) is 16.1. The molecule has 1 amide bonds. The molecule has 7 heteroatoms. The lowest BCUT2D eigenvalue weighted by Gasteiger charge is -2.12. The predicted molar refractivity (Wildman–Crippen MR) is 77.7 cm³/mol. The summed E-state index contributed by atoms with van der Waals surface area (Å²) in [5.74, 6) is -2.35. The van der Waals surface area contributed by atoms with Crippen molar-refractivity contribution in [3.05, 3.63) is 52.8 Å². The van der Waals surface area contributed by atoms with Gasteiger partial charge in [0.05, 0.1) is 22.0 Å². The van der Waals surface area contributed by atoms with Gasteiger partial charge in [-0.3, -0.25) is 9.78 Å². The van der Waals surface area contributed by atoms with Crippen molar-refractivity contribution in [2.75, 3.05) is 17.2 Å². The van der Waals surface area contributed by atoms with Gasteiger partial charge in [0.15, 0.2) is 5.82 Å². The van der Waals surface area contributed by atoms with Gasteiger partial charge in [0.2, 0.25) is 0 Å². The second-order valence-electron chi connectivity index (χ2n) is 4.15. The first-order valence-corrected chi connectivity index (χ1v) is 6.54. The first kappa shape index (κ1) is 15.2. The van der Waals surface area contributed by atoms with E-state index in [2.05, 4.69) is 15.6 Å². The van der Waals surface area contributed by atoms with Crippen molar-refractivity contribution in [3.63, 3.8) is 0 Å². The fourth-order valence-electron chi connectivity index (χ4n) is 1.76. The predicted octanol–water partition coefficient (Wildman–Crippen LogP) is 3.70. The van der Waals surface area contributed by atoms with Gasteiger partial charge in [-0.05, 0) is 19.1 Å². The maximum absolute atomic E-state index is 13.7. The normalized spacial score (nSPS) is 10.3. The quantitative estimate of drug-likeness (QED) is 0.905. The molecule has 0 fully saturated rings. The van der Waals surface area contributed by atoms with Crippen LogP contribution in [0.2, 0.25) is 5.02 Å². The first-order chi connectivity index (χ1) is 10.0. The van der Waals surface area contributed by atoms with Gasteiger partial charge < -0.3 is 10.6 Å². The van der Waals surface area contributed by atoms with Gasteiger partial charge >= 0.3 is 0 Å². The second kappa shape index (κ2) is 6.49. The zero-order valence-electron chi connectivity index (χ0n) is 11.1. The largest absolute Gasteiger partial charge is 0.385 e. The molecular weight excluding hydrogens is 300 g/mol. The molecule has 1 heterocycles. The van der Waals surface area contributed by atoms with Crippen molar-refractivity contribution in [3.8, 4) is 0 Å². The van der Waals surface area contributed by atoms with E-state index in [9.17, 15) is 13.6 Å². The van der Waals surface area contributed by atoms with E-state index in [0.29, 0.717) is 18.3 Å². The summed E-state index contributed by atoms with van der Waals surface area (Å²) < 4.78 is 26.6. The van der Waals surface area contributed by atoms with Crippen LogP contribution >= 0.6 is 11.6 Å². The zero-order chi connectivity index (χ0) is 15.4. The zero-order valence-corrected chi connectivity index (χ0v) is 11.8. The van der Waals surface area contributed by atoms with E-state index in [0.717, 1.165) is 6.07 Å². The average molecular weight is 312 g/mol. The van der Waals surface area contributed by atoms with Crippen molar-refractivity contribution in [1.82, 2.24) is 4.98 Å². The second-order valence-corrected chi connectivity index (χ2v) is 4.56. The molecule has 0 aliphatic heterocycles. The number of pyridine rings is 1. The minimum Gasteiger partial charge on any atom is -0.385 e. The molecule has 0 aliphatic rings. The lowest BCUT2D eigenvalue weighted by atomic mass is 10.2. The van der Waals surface area contributed by atoms with E-state index < -0.39 is 17.5 Å². The highest BCUT2D eigenvalue weighted by molar-refractivity contribution is 6.34. The summed E-state index contributed by atoms with van der Waals surface area (Å²) in [7, 11) is 0. The molecule has 0 atom stereocenters. The number of benzene rings is 1. The number of hydrogen-bond acceptors (Lipinski definition) is 3. The Labute approximate surface area is 125 Å². The van der Waals surface area contributed by atoms with E-state index in [-0.39, 0.29) is 16.3 Å². The van der Waals surface area contributed by atoms with E-state index in [1.807, 2.05) is 6.92 Å². The summed E-state index contributed by atoms with van der Waals surface area (Å²) in [6, 6.07) is 3.20. The number of carbonyl (C=O) groups excluding carboxylic acids is 1. The van der Waals surface area contributed by atoms with E-state index >= 15 is 0 Å². The van der Waals surface area contributed by atoms with Crippen LogP contribution < -0.4 is 10.6 Å². The molecule has 0 saturated heterocycles. The third-order valence-corrected chi connectivity index (χ3v) is 2.98. The van der Waals surface area contributed by atoms with Crippen molar-refractivity contribution < 1.29 is 13.6 Å².